The van der Waals surface area contributed by atoms with Gasteiger partial charge in [-0.2, -0.15) is 4.98 Å². The zero-order valence-corrected chi connectivity index (χ0v) is 16.6. The van der Waals surface area contributed by atoms with E-state index < -0.39 is 0 Å². The number of Topliss-reactive ketones (excluding diaryl/α,β-unsaturated/α-hetero) is 1. The first-order chi connectivity index (χ1) is 14.5. The van der Waals surface area contributed by atoms with E-state index in [0.717, 1.165) is 5.56 Å². The molecule has 0 aliphatic carbocycles. The van der Waals surface area contributed by atoms with E-state index in [0.29, 0.717) is 40.5 Å². The second-order valence-electron chi connectivity index (χ2n) is 6.95. The topological polar surface area (TPSA) is 98.7 Å². The number of fused-ring (bicyclic) bond motifs is 1. The summed E-state index contributed by atoms with van der Waals surface area (Å²) in [6.45, 7) is 3.77. The van der Waals surface area contributed by atoms with E-state index in [9.17, 15) is 9.18 Å². The van der Waals surface area contributed by atoms with Crippen LogP contribution in [-0.4, -0.2) is 25.3 Å². The molecule has 0 bridgehead atoms. The van der Waals surface area contributed by atoms with Crippen molar-refractivity contribution in [1.82, 2.24) is 19.5 Å². The number of carbonyl (C=O) groups is 1. The number of hydrogen-bond donors (Lipinski definition) is 2. The largest absolute Gasteiger partial charge is 0.394 e. The van der Waals surface area contributed by atoms with Crippen LogP contribution in [0.1, 0.15) is 42.2 Å². The molecule has 7 nitrogen and oxygen atoms in total. The van der Waals surface area contributed by atoms with Crippen molar-refractivity contribution in [3.63, 3.8) is 0 Å². The lowest BCUT2D eigenvalue weighted by Gasteiger charge is -2.19. The molecule has 0 radical (unpaired) electrons. The fraction of sp³-hybridized carbons (Fsp3) is 0.182. The predicted molar refractivity (Wildman–Crippen MR) is 114 cm³/mol. The lowest BCUT2D eigenvalue weighted by atomic mass is 9.97. The molecule has 0 saturated carbocycles. The van der Waals surface area contributed by atoms with Gasteiger partial charge in [0.1, 0.15) is 12.1 Å². The molecular weight excluding hydrogens is 383 g/mol. The molecule has 0 saturated heterocycles. The summed E-state index contributed by atoms with van der Waals surface area (Å²) in [6, 6.07) is 11.6. The summed E-state index contributed by atoms with van der Waals surface area (Å²) in [5.41, 5.74) is 9.17. The Hall–Kier alpha value is -3.81. The molecule has 8 heteroatoms. The highest BCUT2D eigenvalue weighted by atomic mass is 19.1. The summed E-state index contributed by atoms with van der Waals surface area (Å²) in [4.78, 5) is 25.4. The van der Waals surface area contributed by atoms with Crippen molar-refractivity contribution < 1.29 is 9.18 Å². The molecule has 2 aromatic carbocycles. The Bertz CT molecular complexity index is 1240. The Morgan fingerprint density at radius 3 is 2.83 bits per heavy atom. The smallest absolute Gasteiger partial charge is 0.237 e. The van der Waals surface area contributed by atoms with Gasteiger partial charge in [0.15, 0.2) is 11.6 Å². The maximum atomic E-state index is 13.7. The number of nitrogens with zero attached hydrogens (tertiary/aromatic N) is 4. The van der Waals surface area contributed by atoms with E-state index >= 15 is 0 Å². The SMILES string of the molecule is CCC(=O)c1ccccc1[C@@H](C)Nc1nc(-n2cnc3ccc(F)cc32)ncc1N. The van der Waals surface area contributed by atoms with Crippen molar-refractivity contribution in [1.29, 1.82) is 0 Å². The molecule has 0 spiro atoms. The minimum Gasteiger partial charge on any atom is -0.394 e. The Morgan fingerprint density at radius 2 is 2.03 bits per heavy atom. The van der Waals surface area contributed by atoms with E-state index in [1.54, 1.807) is 10.6 Å². The minimum absolute atomic E-state index is 0.0718. The van der Waals surface area contributed by atoms with Crippen LogP contribution in [0.4, 0.5) is 15.9 Å². The van der Waals surface area contributed by atoms with E-state index in [1.165, 1.54) is 24.7 Å². The fourth-order valence-corrected chi connectivity index (χ4v) is 3.36. The molecule has 4 aromatic rings. The quantitative estimate of drug-likeness (QED) is 0.465. The number of halogens is 1. The molecule has 0 fully saturated rings. The van der Waals surface area contributed by atoms with E-state index in [4.69, 9.17) is 5.73 Å². The molecule has 0 aliphatic heterocycles. The number of hydrogen-bond acceptors (Lipinski definition) is 6. The highest BCUT2D eigenvalue weighted by molar-refractivity contribution is 5.97. The van der Waals surface area contributed by atoms with E-state index in [2.05, 4.69) is 20.3 Å². The average molecular weight is 404 g/mol. The van der Waals surface area contributed by atoms with Gasteiger partial charge in [0, 0.05) is 18.1 Å². The molecule has 2 heterocycles. The van der Waals surface area contributed by atoms with Crippen LogP contribution in [0.5, 0.6) is 0 Å². The molecule has 1 atom stereocenters. The number of ketones is 1. The number of carbonyl (C=O) groups excluding carboxylic acids is 1. The van der Waals surface area contributed by atoms with Gasteiger partial charge >= 0.3 is 0 Å². The second-order valence-corrected chi connectivity index (χ2v) is 6.95. The van der Waals surface area contributed by atoms with Crippen LogP contribution in [0, 0.1) is 5.82 Å². The molecule has 152 valence electrons. The predicted octanol–water partition coefficient (Wildman–Crippen LogP) is 4.30. The van der Waals surface area contributed by atoms with Crippen LogP contribution in [0.2, 0.25) is 0 Å². The van der Waals surface area contributed by atoms with Crippen LogP contribution in [0.25, 0.3) is 17.0 Å². The van der Waals surface area contributed by atoms with Crippen LogP contribution >= 0.6 is 0 Å². The standard InChI is InChI=1S/C22H21FN6O/c1-3-20(30)16-7-5-4-6-15(16)13(2)27-21-17(24)11-25-22(28-21)29-12-26-18-9-8-14(23)10-19(18)29/h4-13H,3,24H2,1-2H3,(H,25,27,28)/t13-/m1/s1. The highest BCUT2D eigenvalue weighted by Gasteiger charge is 2.17. The fourth-order valence-electron chi connectivity index (χ4n) is 3.36. The molecule has 4 rings (SSSR count). The van der Waals surface area contributed by atoms with Gasteiger partial charge in [0.05, 0.1) is 29.0 Å². The lowest BCUT2D eigenvalue weighted by molar-refractivity contribution is 0.0987. The van der Waals surface area contributed by atoms with Crippen molar-refractivity contribution in [2.24, 2.45) is 0 Å². The number of nitrogens with one attached hydrogen (secondary N) is 1. The van der Waals surface area contributed by atoms with Gasteiger partial charge < -0.3 is 11.1 Å². The van der Waals surface area contributed by atoms with Crippen LogP contribution in [0.3, 0.4) is 0 Å². The summed E-state index contributed by atoms with van der Waals surface area (Å²) < 4.78 is 15.3. The van der Waals surface area contributed by atoms with Gasteiger partial charge in [0.2, 0.25) is 5.95 Å². The summed E-state index contributed by atoms with van der Waals surface area (Å²) in [6.07, 6.45) is 3.46. The lowest BCUT2D eigenvalue weighted by Crippen LogP contribution is -2.15. The number of aromatic nitrogens is 4. The van der Waals surface area contributed by atoms with Gasteiger partial charge in [-0.3, -0.25) is 9.36 Å². The molecule has 3 N–H and O–H groups in total. The zero-order valence-electron chi connectivity index (χ0n) is 16.6. The van der Waals surface area contributed by atoms with E-state index in [1.807, 2.05) is 38.1 Å². The monoisotopic (exact) mass is 404 g/mol. The summed E-state index contributed by atoms with van der Waals surface area (Å²) in [5, 5.41) is 3.27. The summed E-state index contributed by atoms with van der Waals surface area (Å²) in [5.74, 6) is 0.431. The number of rotatable bonds is 6. The van der Waals surface area contributed by atoms with Crippen molar-refractivity contribution in [3.8, 4) is 5.95 Å². The summed E-state index contributed by atoms with van der Waals surface area (Å²) >= 11 is 0. The maximum Gasteiger partial charge on any atom is 0.237 e. The highest BCUT2D eigenvalue weighted by Crippen LogP contribution is 2.26. The van der Waals surface area contributed by atoms with Crippen molar-refractivity contribution in [2.45, 2.75) is 26.3 Å². The Morgan fingerprint density at radius 1 is 1.23 bits per heavy atom. The summed E-state index contributed by atoms with van der Waals surface area (Å²) in [7, 11) is 0. The third kappa shape index (κ3) is 3.59. The molecule has 0 aliphatic rings. The van der Waals surface area contributed by atoms with Crippen molar-refractivity contribution in [3.05, 3.63) is 71.9 Å². The molecule has 2 aromatic heterocycles. The van der Waals surface area contributed by atoms with Crippen LogP contribution in [-0.2, 0) is 0 Å². The Balaban J connectivity index is 1.69. The van der Waals surface area contributed by atoms with Gasteiger partial charge in [-0.1, -0.05) is 31.2 Å². The van der Waals surface area contributed by atoms with E-state index in [-0.39, 0.29) is 17.6 Å². The molecule has 30 heavy (non-hydrogen) atoms. The van der Waals surface area contributed by atoms with Gasteiger partial charge in [0.25, 0.3) is 0 Å². The number of nitrogens with two attached hydrogens (primary N) is 1. The third-order valence-corrected chi connectivity index (χ3v) is 4.93. The zero-order chi connectivity index (χ0) is 21.3. The first-order valence-corrected chi connectivity index (χ1v) is 9.62. The van der Waals surface area contributed by atoms with Gasteiger partial charge in [-0.25, -0.2) is 14.4 Å². The third-order valence-electron chi connectivity index (χ3n) is 4.93. The van der Waals surface area contributed by atoms with Crippen LogP contribution < -0.4 is 11.1 Å². The molecule has 0 amide bonds. The second kappa shape index (κ2) is 7.90. The first kappa shape index (κ1) is 19.5. The first-order valence-electron chi connectivity index (χ1n) is 9.62. The molecule has 0 unspecified atom stereocenters. The van der Waals surface area contributed by atoms with Crippen molar-refractivity contribution >= 4 is 28.3 Å². The average Bonchev–Trinajstić information content (AvgIpc) is 3.17. The number of anilines is 2. The molecular formula is C22H21FN6O. The normalized spacial score (nSPS) is 12.1. The Labute approximate surface area is 172 Å². The maximum absolute atomic E-state index is 13.7. The number of nitrogen functional groups attached to an aromatic ring is 1. The Kier molecular flexibility index (Phi) is 5.14. The van der Waals surface area contributed by atoms with Gasteiger partial charge in [-0.15, -0.1) is 0 Å². The number of imidazole rings is 1. The van der Waals surface area contributed by atoms with Gasteiger partial charge in [-0.05, 0) is 24.6 Å². The van der Waals surface area contributed by atoms with Crippen molar-refractivity contribution in [2.75, 3.05) is 11.1 Å². The number of benzene rings is 2. The van der Waals surface area contributed by atoms with Crippen LogP contribution in [0.15, 0.2) is 55.0 Å². The minimum atomic E-state index is -0.371.